The first-order valence-corrected chi connectivity index (χ1v) is 9.10. The van der Waals surface area contributed by atoms with Crippen molar-refractivity contribution in [3.8, 4) is 0 Å². The molecule has 0 aromatic heterocycles. The van der Waals surface area contributed by atoms with Gasteiger partial charge in [0.1, 0.15) is 0 Å². The first-order chi connectivity index (χ1) is 8.94. The lowest BCUT2D eigenvalue weighted by atomic mass is 9.97. The smallest absolute Gasteiger partial charge is 0.208 e. The van der Waals surface area contributed by atoms with Crippen molar-refractivity contribution in [1.82, 2.24) is 4.72 Å². The van der Waals surface area contributed by atoms with Gasteiger partial charge in [0.05, 0.1) is 4.90 Å². The summed E-state index contributed by atoms with van der Waals surface area (Å²) in [7, 11) is -3.33. The molecule has 5 heteroatoms. The van der Waals surface area contributed by atoms with Crippen molar-refractivity contribution in [3.05, 3.63) is 29.8 Å². The van der Waals surface area contributed by atoms with E-state index in [0.717, 1.165) is 24.8 Å². The largest absolute Gasteiger partial charge is 0.240 e. The third kappa shape index (κ3) is 3.80. The van der Waals surface area contributed by atoms with E-state index in [1.165, 1.54) is 0 Å². The Balaban J connectivity index is 2.13. The monoisotopic (exact) mass is 345 g/mol. The third-order valence-corrected chi connectivity index (χ3v) is 6.52. The van der Waals surface area contributed by atoms with E-state index in [9.17, 15) is 8.42 Å². The zero-order valence-electron chi connectivity index (χ0n) is 11.3. The average Bonchev–Trinajstić information content (AvgIpc) is 3.20. The van der Waals surface area contributed by atoms with Gasteiger partial charge < -0.3 is 0 Å². The van der Waals surface area contributed by atoms with E-state index >= 15 is 0 Å². The Morgan fingerprint density at radius 2 is 1.89 bits per heavy atom. The molecule has 0 heterocycles. The molecule has 19 heavy (non-hydrogen) atoms. The second-order valence-corrected chi connectivity index (χ2v) is 8.07. The minimum atomic E-state index is -3.33. The molecule has 3 nitrogen and oxygen atoms in total. The Labute approximate surface area is 124 Å². The zero-order valence-corrected chi connectivity index (χ0v) is 13.7. The van der Waals surface area contributed by atoms with Crippen LogP contribution >= 0.6 is 15.9 Å². The molecule has 2 atom stereocenters. The van der Waals surface area contributed by atoms with Crippen LogP contribution in [0.1, 0.15) is 44.6 Å². The number of alkyl halides is 1. The van der Waals surface area contributed by atoms with Crippen LogP contribution in [0.2, 0.25) is 0 Å². The highest BCUT2D eigenvalue weighted by atomic mass is 79.9. The van der Waals surface area contributed by atoms with Gasteiger partial charge >= 0.3 is 0 Å². The Hall–Kier alpha value is -0.390. The third-order valence-electron chi connectivity index (χ3n) is 3.55. The van der Waals surface area contributed by atoms with Crippen molar-refractivity contribution in [1.29, 1.82) is 0 Å². The predicted molar refractivity (Wildman–Crippen MR) is 81.2 cm³/mol. The van der Waals surface area contributed by atoms with Gasteiger partial charge in [0.25, 0.3) is 0 Å². The molecule has 1 fully saturated rings. The van der Waals surface area contributed by atoms with Crippen molar-refractivity contribution < 1.29 is 8.42 Å². The lowest BCUT2D eigenvalue weighted by Gasteiger charge is -2.17. The molecule has 0 saturated heterocycles. The molecule has 1 aromatic rings. The number of sulfonamides is 1. The number of hydrogen-bond acceptors (Lipinski definition) is 2. The standard InChI is InChI=1S/C14H20BrNO2S/c1-3-14(15)10(2)11-4-8-13(9-5-11)19(17,18)16-12-6-7-12/h4-5,8-10,12,14,16H,3,6-7H2,1-2H3. The van der Waals surface area contributed by atoms with Crippen molar-refractivity contribution in [3.63, 3.8) is 0 Å². The zero-order chi connectivity index (χ0) is 14.0. The second-order valence-electron chi connectivity index (χ2n) is 5.18. The Kier molecular flexibility index (Phi) is 4.69. The molecule has 0 radical (unpaired) electrons. The fraction of sp³-hybridized carbons (Fsp3) is 0.571. The number of halogens is 1. The molecule has 1 aliphatic rings. The van der Waals surface area contributed by atoms with Crippen molar-refractivity contribution in [2.45, 2.75) is 54.8 Å². The summed E-state index contributed by atoms with van der Waals surface area (Å²) in [4.78, 5) is 0.775. The van der Waals surface area contributed by atoms with E-state index in [1.807, 2.05) is 12.1 Å². The summed E-state index contributed by atoms with van der Waals surface area (Å²) in [5, 5.41) is 0. The quantitative estimate of drug-likeness (QED) is 0.803. The molecule has 0 bridgehead atoms. The summed E-state index contributed by atoms with van der Waals surface area (Å²) in [6, 6.07) is 7.37. The van der Waals surface area contributed by atoms with Gasteiger partial charge in [-0.05, 0) is 42.9 Å². The fourth-order valence-electron chi connectivity index (χ4n) is 2.00. The van der Waals surface area contributed by atoms with Crippen LogP contribution in [0.15, 0.2) is 29.2 Å². The van der Waals surface area contributed by atoms with Crippen LogP contribution in [0, 0.1) is 0 Å². The lowest BCUT2D eigenvalue weighted by molar-refractivity contribution is 0.581. The highest BCUT2D eigenvalue weighted by Crippen LogP contribution is 2.28. The molecular weight excluding hydrogens is 326 g/mol. The first kappa shape index (κ1) is 15.0. The van der Waals surface area contributed by atoms with Crippen LogP contribution in [-0.2, 0) is 10.0 Å². The minimum Gasteiger partial charge on any atom is -0.208 e. The highest BCUT2D eigenvalue weighted by Gasteiger charge is 2.28. The van der Waals surface area contributed by atoms with Gasteiger partial charge in [-0.3, -0.25) is 0 Å². The molecule has 2 unspecified atom stereocenters. The normalized spacial score (nSPS) is 19.1. The molecule has 1 N–H and O–H groups in total. The summed E-state index contributed by atoms with van der Waals surface area (Å²) in [6.45, 7) is 4.28. The predicted octanol–water partition coefficient (Wildman–Crippen LogP) is 3.40. The maximum atomic E-state index is 12.0. The molecule has 0 aliphatic heterocycles. The van der Waals surface area contributed by atoms with Crippen LogP contribution in [0.25, 0.3) is 0 Å². The molecule has 0 amide bonds. The molecule has 0 spiro atoms. The SMILES string of the molecule is CCC(Br)C(C)c1ccc(S(=O)(=O)NC2CC2)cc1. The van der Waals surface area contributed by atoms with E-state index in [1.54, 1.807) is 12.1 Å². The van der Waals surface area contributed by atoms with E-state index in [2.05, 4.69) is 34.5 Å². The van der Waals surface area contributed by atoms with E-state index < -0.39 is 10.0 Å². The molecule has 1 saturated carbocycles. The van der Waals surface area contributed by atoms with Gasteiger partial charge in [-0.25, -0.2) is 13.1 Å². The molecular formula is C14H20BrNO2S. The molecule has 2 rings (SSSR count). The average molecular weight is 346 g/mol. The van der Waals surface area contributed by atoms with Crippen LogP contribution in [0.4, 0.5) is 0 Å². The van der Waals surface area contributed by atoms with E-state index in [-0.39, 0.29) is 6.04 Å². The second kappa shape index (κ2) is 5.94. The summed E-state index contributed by atoms with van der Waals surface area (Å²) >= 11 is 3.65. The molecule has 106 valence electrons. The van der Waals surface area contributed by atoms with Crippen LogP contribution < -0.4 is 4.72 Å². The Morgan fingerprint density at radius 1 is 1.32 bits per heavy atom. The van der Waals surface area contributed by atoms with Gasteiger partial charge in [-0.15, -0.1) is 0 Å². The maximum absolute atomic E-state index is 12.0. The van der Waals surface area contributed by atoms with Crippen LogP contribution in [0.3, 0.4) is 0 Å². The summed E-state index contributed by atoms with van der Waals surface area (Å²) < 4.78 is 26.8. The van der Waals surface area contributed by atoms with Gasteiger partial charge in [0, 0.05) is 10.9 Å². The van der Waals surface area contributed by atoms with E-state index in [0.29, 0.717) is 15.6 Å². The summed E-state index contributed by atoms with van der Waals surface area (Å²) in [5.74, 6) is 0.373. The van der Waals surface area contributed by atoms with Crippen molar-refractivity contribution >= 4 is 26.0 Å². The topological polar surface area (TPSA) is 46.2 Å². The highest BCUT2D eigenvalue weighted by molar-refractivity contribution is 9.09. The van der Waals surface area contributed by atoms with Crippen LogP contribution in [-0.4, -0.2) is 19.3 Å². The van der Waals surface area contributed by atoms with Gasteiger partial charge in [-0.1, -0.05) is 41.9 Å². The number of rotatable bonds is 6. The fourth-order valence-corrected chi connectivity index (χ4v) is 3.61. The van der Waals surface area contributed by atoms with Gasteiger partial charge in [-0.2, -0.15) is 0 Å². The van der Waals surface area contributed by atoms with Crippen molar-refractivity contribution in [2.24, 2.45) is 0 Å². The Bertz CT molecular complexity index is 523. The maximum Gasteiger partial charge on any atom is 0.240 e. The summed E-state index contributed by atoms with van der Waals surface area (Å²) in [6.07, 6.45) is 2.96. The molecule has 1 aliphatic carbocycles. The first-order valence-electron chi connectivity index (χ1n) is 6.70. The van der Waals surface area contributed by atoms with Gasteiger partial charge in [0.15, 0.2) is 0 Å². The van der Waals surface area contributed by atoms with E-state index in [4.69, 9.17) is 0 Å². The Morgan fingerprint density at radius 3 is 2.37 bits per heavy atom. The minimum absolute atomic E-state index is 0.149. The van der Waals surface area contributed by atoms with Crippen LogP contribution in [0.5, 0.6) is 0 Å². The molecule has 1 aromatic carbocycles. The van der Waals surface area contributed by atoms with Gasteiger partial charge in [0.2, 0.25) is 10.0 Å². The van der Waals surface area contributed by atoms with Crippen molar-refractivity contribution in [2.75, 3.05) is 0 Å². The number of nitrogens with one attached hydrogen (secondary N) is 1. The number of benzene rings is 1. The number of hydrogen-bond donors (Lipinski definition) is 1. The summed E-state index contributed by atoms with van der Waals surface area (Å²) in [5.41, 5.74) is 1.16. The lowest BCUT2D eigenvalue weighted by Crippen LogP contribution is -2.25.